The molecular weight excluding hydrogens is 398 g/mol. The van der Waals surface area contributed by atoms with Gasteiger partial charge in [0.15, 0.2) is 11.5 Å². The third-order valence-corrected chi connectivity index (χ3v) is 7.22. The number of hydrogen-bond acceptors (Lipinski definition) is 8. The second kappa shape index (κ2) is 6.65. The molecule has 1 aromatic rings. The van der Waals surface area contributed by atoms with Gasteiger partial charge in [-0.25, -0.2) is 0 Å². The van der Waals surface area contributed by atoms with Crippen molar-refractivity contribution in [3.8, 4) is 5.75 Å². The van der Waals surface area contributed by atoms with Crippen LogP contribution in [0.5, 0.6) is 5.75 Å². The minimum Gasteiger partial charge on any atom is -0.502 e. The van der Waals surface area contributed by atoms with Crippen molar-refractivity contribution in [3.63, 3.8) is 0 Å². The van der Waals surface area contributed by atoms with Crippen molar-refractivity contribution in [1.82, 2.24) is 0 Å². The number of fused-ring (bicyclic) bond motifs is 1. The SMILES string of the molecule is CC1(C)CCC2=C(C1=O)C(c1cc([N+](=O)[O-])cc([N+](=O)[O-])c1O)C1SCCC1=N2. The van der Waals surface area contributed by atoms with E-state index in [9.17, 15) is 30.1 Å². The first-order valence-corrected chi connectivity index (χ1v) is 10.3. The van der Waals surface area contributed by atoms with Crippen molar-refractivity contribution < 1.29 is 19.7 Å². The monoisotopic (exact) mass is 417 g/mol. The molecule has 2 unspecified atom stereocenters. The van der Waals surface area contributed by atoms with Gasteiger partial charge >= 0.3 is 5.69 Å². The molecule has 1 aliphatic carbocycles. The van der Waals surface area contributed by atoms with Crippen LogP contribution in [-0.4, -0.2) is 37.5 Å². The van der Waals surface area contributed by atoms with Crippen LogP contribution in [0.3, 0.4) is 0 Å². The Bertz CT molecular complexity index is 1030. The summed E-state index contributed by atoms with van der Waals surface area (Å²) in [6, 6.07) is 1.91. The summed E-state index contributed by atoms with van der Waals surface area (Å²) >= 11 is 1.56. The van der Waals surface area contributed by atoms with E-state index in [1.165, 1.54) is 0 Å². The topological polar surface area (TPSA) is 136 Å². The Morgan fingerprint density at radius 1 is 1.21 bits per heavy atom. The third-order valence-electron chi connectivity index (χ3n) is 5.88. The lowest BCUT2D eigenvalue weighted by Crippen LogP contribution is -2.39. The molecule has 152 valence electrons. The first kappa shape index (κ1) is 19.6. The molecule has 2 heterocycles. The molecule has 0 saturated carbocycles. The van der Waals surface area contributed by atoms with Crippen molar-refractivity contribution in [2.75, 3.05) is 5.75 Å². The number of aromatic hydroxyl groups is 1. The summed E-state index contributed by atoms with van der Waals surface area (Å²) in [5, 5.41) is 33.2. The number of rotatable bonds is 3. The Morgan fingerprint density at radius 2 is 1.93 bits per heavy atom. The second-order valence-corrected chi connectivity index (χ2v) is 9.36. The average Bonchev–Trinajstić information content (AvgIpc) is 3.11. The Morgan fingerprint density at radius 3 is 2.59 bits per heavy atom. The number of phenols is 1. The predicted octanol–water partition coefficient (Wildman–Crippen LogP) is 3.90. The molecule has 3 aliphatic rings. The summed E-state index contributed by atoms with van der Waals surface area (Å²) < 4.78 is 0. The number of carbonyl (C=O) groups excluding carboxylic acids is 1. The zero-order chi connectivity index (χ0) is 21.1. The fourth-order valence-electron chi connectivity index (χ4n) is 4.30. The highest BCUT2D eigenvalue weighted by Gasteiger charge is 2.48. The van der Waals surface area contributed by atoms with Crippen molar-refractivity contribution in [3.05, 3.63) is 49.2 Å². The molecule has 0 radical (unpaired) electrons. The Balaban J connectivity index is 1.98. The van der Waals surface area contributed by atoms with E-state index < -0.39 is 38.3 Å². The van der Waals surface area contributed by atoms with E-state index in [2.05, 4.69) is 0 Å². The van der Waals surface area contributed by atoms with E-state index in [-0.39, 0.29) is 16.6 Å². The molecule has 0 amide bonds. The molecule has 1 fully saturated rings. The van der Waals surface area contributed by atoms with E-state index in [0.717, 1.165) is 30.0 Å². The number of benzene rings is 1. The molecule has 1 N–H and O–H groups in total. The first-order valence-electron chi connectivity index (χ1n) is 9.24. The summed E-state index contributed by atoms with van der Waals surface area (Å²) in [5.41, 5.74) is 0.148. The highest BCUT2D eigenvalue weighted by atomic mass is 32.2. The van der Waals surface area contributed by atoms with Crippen LogP contribution in [0.2, 0.25) is 0 Å². The van der Waals surface area contributed by atoms with E-state index in [1.807, 2.05) is 13.8 Å². The van der Waals surface area contributed by atoms with Gasteiger partial charge in [0, 0.05) is 39.9 Å². The molecule has 29 heavy (non-hydrogen) atoms. The molecular formula is C19H19N3O6S. The van der Waals surface area contributed by atoms with E-state index >= 15 is 0 Å². The van der Waals surface area contributed by atoms with Gasteiger partial charge in [-0.15, -0.1) is 0 Å². The summed E-state index contributed by atoms with van der Waals surface area (Å²) in [5.74, 6) is -0.665. The van der Waals surface area contributed by atoms with Crippen LogP contribution < -0.4 is 0 Å². The van der Waals surface area contributed by atoms with Gasteiger partial charge in [-0.05, 0) is 25.0 Å². The molecule has 9 nitrogen and oxygen atoms in total. The predicted molar refractivity (Wildman–Crippen MR) is 108 cm³/mol. The van der Waals surface area contributed by atoms with Gasteiger partial charge in [0.2, 0.25) is 0 Å². The lowest BCUT2D eigenvalue weighted by atomic mass is 9.68. The van der Waals surface area contributed by atoms with Crippen LogP contribution in [0.4, 0.5) is 11.4 Å². The van der Waals surface area contributed by atoms with Gasteiger partial charge in [-0.1, -0.05) is 13.8 Å². The second-order valence-electron chi connectivity index (χ2n) is 8.11. The van der Waals surface area contributed by atoms with Gasteiger partial charge in [0.05, 0.1) is 21.2 Å². The van der Waals surface area contributed by atoms with E-state index in [0.29, 0.717) is 24.1 Å². The van der Waals surface area contributed by atoms with E-state index in [4.69, 9.17) is 4.99 Å². The normalized spacial score (nSPS) is 25.3. The number of hydrogen-bond donors (Lipinski definition) is 1. The molecule has 10 heteroatoms. The number of phenolic OH excluding ortho intramolecular Hbond substituents is 1. The molecule has 2 aliphatic heterocycles. The van der Waals surface area contributed by atoms with Gasteiger partial charge < -0.3 is 5.11 Å². The molecule has 1 aromatic carbocycles. The number of Topliss-reactive ketones (excluding diaryl/α,β-unsaturated/α-hetero) is 1. The first-order chi connectivity index (χ1) is 13.6. The average molecular weight is 417 g/mol. The Kier molecular flexibility index (Phi) is 4.49. The van der Waals surface area contributed by atoms with Crippen LogP contribution >= 0.6 is 11.8 Å². The van der Waals surface area contributed by atoms with Crippen LogP contribution in [0.25, 0.3) is 0 Å². The third kappa shape index (κ3) is 3.02. The molecule has 0 spiro atoms. The zero-order valence-corrected chi connectivity index (χ0v) is 16.7. The summed E-state index contributed by atoms with van der Waals surface area (Å²) in [6.45, 7) is 3.68. The number of nitro groups is 2. The number of nitrogens with zero attached hydrogens (tertiary/aromatic N) is 3. The number of non-ortho nitro benzene ring substituents is 1. The number of thioether (sulfide) groups is 1. The van der Waals surface area contributed by atoms with Gasteiger partial charge in [-0.2, -0.15) is 11.8 Å². The van der Waals surface area contributed by atoms with Crippen LogP contribution in [-0.2, 0) is 4.79 Å². The summed E-state index contributed by atoms with van der Waals surface area (Å²) in [6.07, 6.45) is 1.94. The zero-order valence-electron chi connectivity index (χ0n) is 15.9. The molecule has 0 bridgehead atoms. The fourth-order valence-corrected chi connectivity index (χ4v) is 5.72. The summed E-state index contributed by atoms with van der Waals surface area (Å²) in [4.78, 5) is 39.3. The molecule has 1 saturated heterocycles. The van der Waals surface area contributed by atoms with Gasteiger partial charge in [0.25, 0.3) is 5.69 Å². The number of aliphatic imine (C=N–C) groups is 1. The highest BCUT2D eigenvalue weighted by Crippen LogP contribution is 2.53. The number of nitro benzene ring substituents is 2. The maximum Gasteiger partial charge on any atom is 0.317 e. The lowest BCUT2D eigenvalue weighted by Gasteiger charge is -2.38. The minimum absolute atomic E-state index is 0.0521. The molecule has 0 aromatic heterocycles. The van der Waals surface area contributed by atoms with Crippen LogP contribution in [0, 0.1) is 25.6 Å². The smallest absolute Gasteiger partial charge is 0.317 e. The fraction of sp³-hybridized carbons (Fsp3) is 0.474. The van der Waals surface area contributed by atoms with E-state index in [1.54, 1.807) is 11.8 Å². The van der Waals surface area contributed by atoms with Crippen molar-refractivity contribution in [2.45, 2.75) is 44.3 Å². The minimum atomic E-state index is -0.840. The summed E-state index contributed by atoms with van der Waals surface area (Å²) in [7, 11) is 0. The lowest BCUT2D eigenvalue weighted by molar-refractivity contribution is -0.394. The molecule has 4 rings (SSSR count). The van der Waals surface area contributed by atoms with Gasteiger partial charge in [-0.3, -0.25) is 30.0 Å². The van der Waals surface area contributed by atoms with Crippen molar-refractivity contribution in [1.29, 1.82) is 0 Å². The Hall–Kier alpha value is -2.75. The van der Waals surface area contributed by atoms with Crippen molar-refractivity contribution >= 4 is 34.6 Å². The standard InChI is InChI=1S/C19H19N3O6S/c1-19(2)5-3-11-15(18(19)24)14(17-12(20-11)4-6-29-17)10-7-9(21(25)26)8-13(16(10)23)22(27)28/h7-8,14,17,23H,3-6H2,1-2H3. The van der Waals surface area contributed by atoms with Gasteiger partial charge in [0.1, 0.15) is 0 Å². The highest BCUT2D eigenvalue weighted by molar-refractivity contribution is 8.01. The number of allylic oxidation sites excluding steroid dienone is 2. The number of ketones is 1. The number of carbonyl (C=O) groups is 1. The Labute approximate surface area is 170 Å². The maximum atomic E-state index is 13.3. The van der Waals surface area contributed by atoms with Crippen LogP contribution in [0.15, 0.2) is 28.4 Å². The quantitative estimate of drug-likeness (QED) is 0.582. The molecule has 2 atom stereocenters. The van der Waals surface area contributed by atoms with Crippen molar-refractivity contribution in [2.24, 2.45) is 10.4 Å². The largest absolute Gasteiger partial charge is 0.502 e. The maximum absolute atomic E-state index is 13.3. The van der Waals surface area contributed by atoms with Crippen LogP contribution in [0.1, 0.15) is 44.6 Å².